The maximum Gasteiger partial charge on any atom is 0.326 e. The summed E-state index contributed by atoms with van der Waals surface area (Å²) in [5, 5.41) is 15.1. The van der Waals surface area contributed by atoms with E-state index in [4.69, 9.17) is 9.63 Å². The van der Waals surface area contributed by atoms with Gasteiger partial charge in [-0.3, -0.25) is 4.79 Å². The lowest BCUT2D eigenvalue weighted by molar-refractivity contribution is -0.141. The molecule has 0 aliphatic heterocycles. The lowest BCUT2D eigenvalue weighted by Gasteiger charge is -2.11. The Balaban J connectivity index is 2.37. The molecule has 1 atom stereocenters. The Morgan fingerprint density at radius 1 is 1.47 bits per heavy atom. The van der Waals surface area contributed by atoms with Crippen molar-refractivity contribution in [1.29, 1.82) is 0 Å². The molecule has 7 heteroatoms. The number of hydrogen-bond donors (Lipinski definition) is 2. The topological polar surface area (TPSA) is 92.4 Å². The molecule has 106 valence electrons. The molecular formula is C12H18N2O4S. The molecule has 0 aliphatic carbocycles. The minimum Gasteiger partial charge on any atom is -0.480 e. The number of nitrogens with one attached hydrogen (secondary N) is 1. The molecule has 0 aromatic carbocycles. The minimum atomic E-state index is -1.01. The van der Waals surface area contributed by atoms with Gasteiger partial charge in [-0.1, -0.05) is 12.1 Å². The summed E-state index contributed by atoms with van der Waals surface area (Å²) in [5.74, 6) is 0.312. The first-order chi connectivity index (χ1) is 8.95. The van der Waals surface area contributed by atoms with Crippen LogP contribution in [0.25, 0.3) is 0 Å². The van der Waals surface area contributed by atoms with Gasteiger partial charge in [0.05, 0.1) is 11.4 Å². The fourth-order valence-corrected chi connectivity index (χ4v) is 2.52. The maximum atomic E-state index is 11.6. The highest BCUT2D eigenvalue weighted by Gasteiger charge is 2.17. The Morgan fingerprint density at radius 2 is 2.16 bits per heavy atom. The Morgan fingerprint density at radius 3 is 2.63 bits per heavy atom. The first kappa shape index (κ1) is 15.6. The fraction of sp³-hybridized carbons (Fsp3) is 0.583. The van der Waals surface area contributed by atoms with E-state index >= 15 is 0 Å². The number of hydrogen-bond acceptors (Lipinski definition) is 5. The van der Waals surface area contributed by atoms with Gasteiger partial charge in [0.1, 0.15) is 11.8 Å². The fourth-order valence-electron chi connectivity index (χ4n) is 1.53. The summed E-state index contributed by atoms with van der Waals surface area (Å²) >= 11 is 1.41. The zero-order valence-electron chi connectivity index (χ0n) is 11.2. The van der Waals surface area contributed by atoms with Gasteiger partial charge in [-0.2, -0.15) is 0 Å². The SMILES string of the molecule is CCC(NC(=O)CSCc1c(C)noc1C)C(=O)O. The van der Waals surface area contributed by atoms with Gasteiger partial charge in [-0.05, 0) is 20.3 Å². The maximum absolute atomic E-state index is 11.6. The molecule has 1 amide bonds. The zero-order valence-corrected chi connectivity index (χ0v) is 12.0. The molecule has 0 saturated heterocycles. The summed E-state index contributed by atoms with van der Waals surface area (Å²) in [5.41, 5.74) is 1.81. The molecule has 1 heterocycles. The molecule has 1 unspecified atom stereocenters. The summed E-state index contributed by atoms with van der Waals surface area (Å²) in [6.07, 6.45) is 0.371. The van der Waals surface area contributed by atoms with Crippen molar-refractivity contribution in [1.82, 2.24) is 10.5 Å². The van der Waals surface area contributed by atoms with E-state index in [1.807, 2.05) is 13.8 Å². The van der Waals surface area contributed by atoms with Crippen LogP contribution in [0.3, 0.4) is 0 Å². The minimum absolute atomic E-state index is 0.216. The van der Waals surface area contributed by atoms with E-state index in [-0.39, 0.29) is 11.7 Å². The van der Waals surface area contributed by atoms with E-state index in [1.54, 1.807) is 6.92 Å². The van der Waals surface area contributed by atoms with Crippen molar-refractivity contribution in [2.75, 3.05) is 5.75 Å². The average molecular weight is 286 g/mol. The first-order valence-corrected chi connectivity index (χ1v) is 7.12. The molecule has 2 N–H and O–H groups in total. The number of amides is 1. The van der Waals surface area contributed by atoms with Crippen LogP contribution in [-0.4, -0.2) is 33.9 Å². The van der Waals surface area contributed by atoms with Crippen LogP contribution < -0.4 is 5.32 Å². The number of rotatable bonds is 7. The van der Waals surface area contributed by atoms with Gasteiger partial charge in [0.25, 0.3) is 0 Å². The van der Waals surface area contributed by atoms with Crippen LogP contribution in [0.15, 0.2) is 4.52 Å². The van der Waals surface area contributed by atoms with Crippen molar-refractivity contribution in [2.24, 2.45) is 0 Å². The highest BCUT2D eigenvalue weighted by Crippen LogP contribution is 2.19. The average Bonchev–Trinajstić information content (AvgIpc) is 2.67. The van der Waals surface area contributed by atoms with Gasteiger partial charge in [0.15, 0.2) is 0 Å². The molecule has 0 bridgehead atoms. The monoisotopic (exact) mass is 286 g/mol. The summed E-state index contributed by atoms with van der Waals surface area (Å²) < 4.78 is 5.02. The molecule has 0 aliphatic rings. The third-order valence-corrected chi connectivity index (χ3v) is 3.66. The second-order valence-corrected chi connectivity index (χ2v) is 5.15. The van der Waals surface area contributed by atoms with Gasteiger partial charge in [0, 0.05) is 11.3 Å². The van der Waals surface area contributed by atoms with Gasteiger partial charge in [0.2, 0.25) is 5.91 Å². The number of carboxylic acids is 1. The standard InChI is InChI=1S/C12H18N2O4S/c1-4-10(12(16)17)13-11(15)6-19-5-9-7(2)14-18-8(9)3/h10H,4-6H2,1-3H3,(H,13,15)(H,16,17). The van der Waals surface area contributed by atoms with E-state index in [0.717, 1.165) is 17.0 Å². The Bertz CT molecular complexity index is 439. The molecule has 6 nitrogen and oxygen atoms in total. The van der Waals surface area contributed by atoms with Crippen molar-refractivity contribution in [3.63, 3.8) is 0 Å². The zero-order chi connectivity index (χ0) is 14.4. The second-order valence-electron chi connectivity index (χ2n) is 4.16. The number of thioether (sulfide) groups is 1. The molecule has 0 spiro atoms. The molecule has 0 fully saturated rings. The number of carbonyl (C=O) groups is 2. The molecule has 1 aromatic heterocycles. The highest BCUT2D eigenvalue weighted by molar-refractivity contribution is 7.99. The number of aryl methyl sites for hydroxylation is 2. The normalized spacial score (nSPS) is 12.2. The van der Waals surface area contributed by atoms with Crippen LogP contribution >= 0.6 is 11.8 Å². The Kier molecular flexibility index (Phi) is 5.88. The number of aliphatic carboxylic acids is 1. The van der Waals surface area contributed by atoms with Gasteiger partial charge >= 0.3 is 5.97 Å². The van der Waals surface area contributed by atoms with E-state index in [0.29, 0.717) is 12.2 Å². The summed E-state index contributed by atoms with van der Waals surface area (Å²) in [6, 6.07) is -0.813. The summed E-state index contributed by atoms with van der Waals surface area (Å²) in [4.78, 5) is 22.4. The van der Waals surface area contributed by atoms with Crippen LogP contribution in [0.1, 0.15) is 30.4 Å². The smallest absolute Gasteiger partial charge is 0.326 e. The Hall–Kier alpha value is -1.50. The van der Waals surface area contributed by atoms with Crippen LogP contribution in [0.2, 0.25) is 0 Å². The van der Waals surface area contributed by atoms with Crippen molar-refractivity contribution < 1.29 is 19.2 Å². The third-order valence-electron chi connectivity index (χ3n) is 2.70. The van der Waals surface area contributed by atoms with Gasteiger partial charge in [-0.25, -0.2) is 4.79 Å². The van der Waals surface area contributed by atoms with E-state index in [9.17, 15) is 9.59 Å². The second kappa shape index (κ2) is 7.18. The quantitative estimate of drug-likeness (QED) is 0.789. The van der Waals surface area contributed by atoms with E-state index < -0.39 is 12.0 Å². The molecule has 0 saturated carbocycles. The summed E-state index contributed by atoms with van der Waals surface area (Å²) in [7, 11) is 0. The summed E-state index contributed by atoms with van der Waals surface area (Å²) in [6.45, 7) is 5.40. The van der Waals surface area contributed by atoms with Crippen molar-refractivity contribution in [3.8, 4) is 0 Å². The van der Waals surface area contributed by atoms with Crippen molar-refractivity contribution in [3.05, 3.63) is 17.0 Å². The van der Waals surface area contributed by atoms with Crippen molar-refractivity contribution >= 4 is 23.6 Å². The molecule has 19 heavy (non-hydrogen) atoms. The van der Waals surface area contributed by atoms with Gasteiger partial charge < -0.3 is 14.9 Å². The van der Waals surface area contributed by atoms with Crippen LogP contribution in [0.4, 0.5) is 0 Å². The lowest BCUT2D eigenvalue weighted by atomic mass is 10.2. The van der Waals surface area contributed by atoms with E-state index in [1.165, 1.54) is 11.8 Å². The predicted molar refractivity (Wildman–Crippen MR) is 72.0 cm³/mol. The number of carbonyl (C=O) groups excluding carboxylic acids is 1. The van der Waals surface area contributed by atoms with Crippen molar-refractivity contribution in [2.45, 2.75) is 39.0 Å². The molecule has 1 aromatic rings. The predicted octanol–water partition coefficient (Wildman–Crippen LogP) is 1.50. The lowest BCUT2D eigenvalue weighted by Crippen LogP contribution is -2.41. The first-order valence-electron chi connectivity index (χ1n) is 5.97. The largest absolute Gasteiger partial charge is 0.480 e. The van der Waals surface area contributed by atoms with Crippen LogP contribution in [0.5, 0.6) is 0 Å². The molecule has 1 rings (SSSR count). The number of carboxylic acid groups (broad SMARTS) is 1. The molecule has 0 radical (unpaired) electrons. The third kappa shape index (κ3) is 4.59. The molecular weight excluding hydrogens is 268 g/mol. The highest BCUT2D eigenvalue weighted by atomic mass is 32.2. The van der Waals surface area contributed by atoms with Crippen LogP contribution in [-0.2, 0) is 15.3 Å². The number of nitrogens with zero attached hydrogens (tertiary/aromatic N) is 1. The Labute approximate surface area is 115 Å². The van der Waals surface area contributed by atoms with Crippen LogP contribution in [0, 0.1) is 13.8 Å². The van der Waals surface area contributed by atoms with Gasteiger partial charge in [-0.15, -0.1) is 11.8 Å². The number of aromatic nitrogens is 1. The van der Waals surface area contributed by atoms with E-state index in [2.05, 4.69) is 10.5 Å².